The normalized spacial score (nSPS) is 14.2. The Morgan fingerprint density at radius 1 is 0.957 bits per heavy atom. The lowest BCUT2D eigenvalue weighted by Gasteiger charge is -2.05. The lowest BCUT2D eigenvalue weighted by molar-refractivity contribution is -0.150. The Bertz CT molecular complexity index is 789. The van der Waals surface area contributed by atoms with E-state index in [1.807, 2.05) is 0 Å². The minimum atomic E-state index is -0.669. The lowest BCUT2D eigenvalue weighted by atomic mass is 9.96. The van der Waals surface area contributed by atoms with Crippen molar-refractivity contribution in [2.45, 2.75) is 6.42 Å². The Morgan fingerprint density at radius 2 is 1.61 bits per heavy atom. The maximum atomic E-state index is 13.0. The van der Waals surface area contributed by atoms with Gasteiger partial charge in [0.15, 0.2) is 0 Å². The van der Waals surface area contributed by atoms with Gasteiger partial charge in [-0.2, -0.15) is 0 Å². The van der Waals surface area contributed by atoms with Crippen LogP contribution in [-0.4, -0.2) is 19.0 Å². The van der Waals surface area contributed by atoms with E-state index < -0.39 is 11.9 Å². The number of carbonyl (C=O) groups is 2. The molecule has 0 atom stereocenters. The molecule has 23 heavy (non-hydrogen) atoms. The summed E-state index contributed by atoms with van der Waals surface area (Å²) in [6.45, 7) is 0. The van der Waals surface area contributed by atoms with Crippen LogP contribution in [0, 0.1) is 5.82 Å². The average Bonchev–Trinajstić information content (AvgIpc) is 2.83. The van der Waals surface area contributed by atoms with E-state index in [1.54, 1.807) is 43.5 Å². The molecule has 0 N–H and O–H groups in total. The predicted molar refractivity (Wildman–Crippen MR) is 81.1 cm³/mol. The molecule has 1 aliphatic rings. The second kappa shape index (κ2) is 6.04. The molecule has 0 unspecified atom stereocenters. The first-order valence-electron chi connectivity index (χ1n) is 6.97. The highest BCUT2D eigenvalue weighted by molar-refractivity contribution is 6.30. The third-order valence-electron chi connectivity index (χ3n) is 3.61. The summed E-state index contributed by atoms with van der Waals surface area (Å²) in [5, 5.41) is 0. The van der Waals surface area contributed by atoms with E-state index in [2.05, 4.69) is 0 Å². The van der Waals surface area contributed by atoms with Crippen molar-refractivity contribution in [2.75, 3.05) is 7.11 Å². The second-order valence-electron chi connectivity index (χ2n) is 5.06. The van der Waals surface area contributed by atoms with Gasteiger partial charge >= 0.3 is 11.9 Å². The maximum absolute atomic E-state index is 13.0. The summed E-state index contributed by atoms with van der Waals surface area (Å²) in [6, 6.07) is 12.6. The highest BCUT2D eigenvalue weighted by atomic mass is 19.1. The van der Waals surface area contributed by atoms with Crippen molar-refractivity contribution in [3.8, 4) is 5.75 Å². The molecule has 0 spiro atoms. The molecule has 0 aromatic heterocycles. The van der Waals surface area contributed by atoms with Gasteiger partial charge in [-0.25, -0.2) is 14.0 Å². The van der Waals surface area contributed by atoms with Gasteiger partial charge in [0, 0.05) is 6.42 Å². The number of esters is 2. The molecule has 0 saturated heterocycles. The van der Waals surface area contributed by atoms with Gasteiger partial charge in [-0.1, -0.05) is 24.3 Å². The fraction of sp³-hybridized carbons (Fsp3) is 0.111. The van der Waals surface area contributed by atoms with Gasteiger partial charge in [-0.15, -0.1) is 0 Å². The van der Waals surface area contributed by atoms with Crippen LogP contribution in [0.15, 0.2) is 54.1 Å². The molecule has 116 valence electrons. The zero-order valence-corrected chi connectivity index (χ0v) is 12.3. The van der Waals surface area contributed by atoms with Gasteiger partial charge in [-0.05, 0) is 35.4 Å². The highest BCUT2D eigenvalue weighted by Gasteiger charge is 2.33. The largest absolute Gasteiger partial charge is 0.497 e. The molecule has 0 saturated carbocycles. The minimum absolute atomic E-state index is 0.201. The molecule has 4 nitrogen and oxygen atoms in total. The first-order valence-corrected chi connectivity index (χ1v) is 6.97. The number of ether oxygens (including phenoxy) is 2. The van der Waals surface area contributed by atoms with Gasteiger partial charge in [0.1, 0.15) is 11.6 Å². The van der Waals surface area contributed by atoms with Crippen LogP contribution < -0.4 is 4.74 Å². The van der Waals surface area contributed by atoms with Crippen LogP contribution in [0.4, 0.5) is 4.39 Å². The molecule has 2 aromatic carbocycles. The summed E-state index contributed by atoms with van der Waals surface area (Å²) < 4.78 is 22.8. The third kappa shape index (κ3) is 2.99. The van der Waals surface area contributed by atoms with Gasteiger partial charge in [0.05, 0.1) is 18.3 Å². The van der Waals surface area contributed by atoms with E-state index in [9.17, 15) is 14.0 Å². The van der Waals surface area contributed by atoms with Crippen LogP contribution >= 0.6 is 0 Å². The van der Waals surface area contributed by atoms with Crippen molar-refractivity contribution in [3.63, 3.8) is 0 Å². The molecular weight excluding hydrogens is 299 g/mol. The second-order valence-corrected chi connectivity index (χ2v) is 5.06. The van der Waals surface area contributed by atoms with Crippen LogP contribution in [0.5, 0.6) is 5.75 Å². The summed E-state index contributed by atoms with van der Waals surface area (Å²) in [5.74, 6) is -1.04. The summed E-state index contributed by atoms with van der Waals surface area (Å²) in [5.41, 5.74) is 1.81. The number of hydrogen-bond acceptors (Lipinski definition) is 4. The molecule has 3 rings (SSSR count). The van der Waals surface area contributed by atoms with Crippen molar-refractivity contribution in [1.82, 2.24) is 0 Å². The third-order valence-corrected chi connectivity index (χ3v) is 3.61. The summed E-state index contributed by atoms with van der Waals surface area (Å²) in [7, 11) is 1.54. The Labute approximate surface area is 132 Å². The van der Waals surface area contributed by atoms with Crippen molar-refractivity contribution in [3.05, 3.63) is 71.0 Å². The number of benzene rings is 2. The Balaban J connectivity index is 2.00. The van der Waals surface area contributed by atoms with E-state index >= 15 is 0 Å². The van der Waals surface area contributed by atoms with E-state index in [-0.39, 0.29) is 23.4 Å². The summed E-state index contributed by atoms with van der Waals surface area (Å²) in [4.78, 5) is 24.0. The van der Waals surface area contributed by atoms with Crippen LogP contribution in [0.2, 0.25) is 0 Å². The minimum Gasteiger partial charge on any atom is -0.497 e. The van der Waals surface area contributed by atoms with Gasteiger partial charge < -0.3 is 9.47 Å². The molecule has 0 fully saturated rings. The van der Waals surface area contributed by atoms with Crippen LogP contribution in [0.1, 0.15) is 11.1 Å². The Kier molecular flexibility index (Phi) is 3.93. The molecule has 5 heteroatoms. The van der Waals surface area contributed by atoms with Crippen molar-refractivity contribution >= 4 is 17.5 Å². The van der Waals surface area contributed by atoms with E-state index in [4.69, 9.17) is 9.47 Å². The van der Waals surface area contributed by atoms with E-state index in [1.165, 1.54) is 12.1 Å². The first kappa shape index (κ1) is 15.0. The number of hydrogen-bond donors (Lipinski definition) is 0. The van der Waals surface area contributed by atoms with Gasteiger partial charge in [0.25, 0.3) is 0 Å². The first-order chi connectivity index (χ1) is 11.1. The molecule has 1 heterocycles. The van der Waals surface area contributed by atoms with Crippen molar-refractivity contribution in [1.29, 1.82) is 0 Å². The predicted octanol–water partition coefficient (Wildman–Crippen LogP) is 2.91. The van der Waals surface area contributed by atoms with Crippen molar-refractivity contribution < 1.29 is 23.5 Å². The molecule has 0 bridgehead atoms. The monoisotopic (exact) mass is 312 g/mol. The topological polar surface area (TPSA) is 52.6 Å². The smallest absolute Gasteiger partial charge is 0.347 e. The van der Waals surface area contributed by atoms with Crippen LogP contribution in [0.3, 0.4) is 0 Å². The van der Waals surface area contributed by atoms with Crippen molar-refractivity contribution in [2.24, 2.45) is 0 Å². The number of methoxy groups -OCH3 is 1. The fourth-order valence-electron chi connectivity index (χ4n) is 2.44. The number of halogens is 1. The SMILES string of the molecule is COc1ccc(C2=C(Cc3ccc(F)cc3)C(=O)OC2=O)cc1. The molecule has 0 aliphatic carbocycles. The van der Waals surface area contributed by atoms with Gasteiger partial charge in [0.2, 0.25) is 0 Å². The molecule has 1 aliphatic heterocycles. The fourth-order valence-corrected chi connectivity index (χ4v) is 2.44. The molecule has 2 aromatic rings. The van der Waals surface area contributed by atoms with Crippen LogP contribution in [0.25, 0.3) is 5.57 Å². The summed E-state index contributed by atoms with van der Waals surface area (Å²) >= 11 is 0. The van der Waals surface area contributed by atoms with E-state index in [0.29, 0.717) is 11.3 Å². The number of rotatable bonds is 4. The number of carbonyl (C=O) groups excluding carboxylic acids is 2. The lowest BCUT2D eigenvalue weighted by Crippen LogP contribution is -2.03. The maximum Gasteiger partial charge on any atom is 0.347 e. The number of cyclic esters (lactones) is 2. The zero-order chi connectivity index (χ0) is 16.4. The molecule has 0 radical (unpaired) electrons. The van der Waals surface area contributed by atoms with Crippen LogP contribution in [-0.2, 0) is 20.7 Å². The molecular formula is C18H13FO4. The molecule has 0 amide bonds. The Morgan fingerprint density at radius 3 is 2.22 bits per heavy atom. The van der Waals surface area contributed by atoms with E-state index in [0.717, 1.165) is 5.56 Å². The standard InChI is InChI=1S/C18H13FO4/c1-22-14-8-4-12(5-9-14)16-15(17(20)23-18(16)21)10-11-2-6-13(19)7-3-11/h2-9H,10H2,1H3. The highest BCUT2D eigenvalue weighted by Crippen LogP contribution is 2.30. The van der Waals surface area contributed by atoms with Gasteiger partial charge in [-0.3, -0.25) is 0 Å². The quantitative estimate of drug-likeness (QED) is 0.643. The Hall–Kier alpha value is -2.95. The zero-order valence-electron chi connectivity index (χ0n) is 12.3. The summed E-state index contributed by atoms with van der Waals surface area (Å²) in [6.07, 6.45) is 0.201. The average molecular weight is 312 g/mol.